The summed E-state index contributed by atoms with van der Waals surface area (Å²) < 4.78 is 10.6. The lowest BCUT2D eigenvalue weighted by molar-refractivity contribution is -0.116. The van der Waals surface area contributed by atoms with Crippen molar-refractivity contribution in [3.05, 3.63) is 60.2 Å². The van der Waals surface area contributed by atoms with Gasteiger partial charge in [-0.3, -0.25) is 4.79 Å². The number of hydrogen-bond donors (Lipinski definition) is 1. The molecule has 140 valence electrons. The van der Waals surface area contributed by atoms with Crippen LogP contribution in [0.15, 0.2) is 54.6 Å². The Morgan fingerprint density at radius 3 is 2.54 bits per heavy atom. The molecule has 1 amide bonds. The monoisotopic (exact) mass is 373 g/mol. The Labute approximate surface area is 160 Å². The molecule has 2 rings (SSSR count). The van der Waals surface area contributed by atoms with Crippen molar-refractivity contribution in [2.75, 3.05) is 25.6 Å². The van der Waals surface area contributed by atoms with E-state index in [9.17, 15) is 4.79 Å². The molecule has 0 saturated carbocycles. The lowest BCUT2D eigenvalue weighted by atomic mass is 10.1. The highest BCUT2D eigenvalue weighted by molar-refractivity contribution is 7.99. The Kier molecular flexibility index (Phi) is 8.51. The van der Waals surface area contributed by atoms with Crippen LogP contribution in [-0.2, 0) is 15.3 Å². The third-order valence-corrected chi connectivity index (χ3v) is 5.41. The number of carbonyl (C=O) groups is 1. The van der Waals surface area contributed by atoms with Gasteiger partial charge in [-0.15, -0.1) is 11.8 Å². The first-order valence-corrected chi connectivity index (χ1v) is 9.83. The van der Waals surface area contributed by atoms with Crippen LogP contribution in [0.2, 0.25) is 0 Å². The summed E-state index contributed by atoms with van der Waals surface area (Å²) in [4.78, 5) is 12.8. The summed E-state index contributed by atoms with van der Waals surface area (Å²) in [5, 5.41) is 2.90. The molecule has 0 radical (unpaired) electrons. The van der Waals surface area contributed by atoms with E-state index in [2.05, 4.69) is 31.3 Å². The van der Waals surface area contributed by atoms with E-state index in [4.69, 9.17) is 9.47 Å². The molecule has 5 heteroatoms. The van der Waals surface area contributed by atoms with Crippen molar-refractivity contribution < 1.29 is 14.3 Å². The Morgan fingerprint density at radius 1 is 1.08 bits per heavy atom. The van der Waals surface area contributed by atoms with Crippen LogP contribution in [0.3, 0.4) is 0 Å². The molecular weight excluding hydrogens is 346 g/mol. The summed E-state index contributed by atoms with van der Waals surface area (Å²) in [7, 11) is 1.64. The first kappa shape index (κ1) is 20.3. The van der Waals surface area contributed by atoms with Crippen molar-refractivity contribution in [2.45, 2.75) is 24.9 Å². The minimum Gasteiger partial charge on any atom is -0.491 e. The van der Waals surface area contributed by atoms with E-state index < -0.39 is 0 Å². The molecule has 1 N–H and O–H groups in total. The predicted octanol–water partition coefficient (Wildman–Crippen LogP) is 4.61. The zero-order valence-corrected chi connectivity index (χ0v) is 16.4. The molecule has 1 unspecified atom stereocenters. The van der Waals surface area contributed by atoms with Gasteiger partial charge in [-0.25, -0.2) is 0 Å². The fourth-order valence-corrected chi connectivity index (χ4v) is 3.61. The van der Waals surface area contributed by atoms with Crippen LogP contribution < -0.4 is 10.1 Å². The van der Waals surface area contributed by atoms with Gasteiger partial charge in [-0.1, -0.05) is 50.2 Å². The maximum Gasteiger partial charge on any atom is 0.237 e. The van der Waals surface area contributed by atoms with E-state index in [0.29, 0.717) is 13.2 Å². The SMILES string of the molecule is COCCOc1cccc(NC(=O)C(SCc2ccccc2)C(C)C)c1. The van der Waals surface area contributed by atoms with Crippen LogP contribution in [0.5, 0.6) is 5.75 Å². The molecular formula is C21H27NO3S. The van der Waals surface area contributed by atoms with E-state index in [1.807, 2.05) is 42.5 Å². The van der Waals surface area contributed by atoms with Crippen molar-refractivity contribution in [1.29, 1.82) is 0 Å². The van der Waals surface area contributed by atoms with Crippen LogP contribution in [0.4, 0.5) is 5.69 Å². The molecule has 0 aromatic heterocycles. The number of nitrogens with one attached hydrogen (secondary N) is 1. The average Bonchev–Trinajstić information content (AvgIpc) is 2.63. The van der Waals surface area contributed by atoms with Crippen molar-refractivity contribution >= 4 is 23.4 Å². The van der Waals surface area contributed by atoms with Crippen LogP contribution in [0, 0.1) is 5.92 Å². The number of thioether (sulfide) groups is 1. The highest BCUT2D eigenvalue weighted by Crippen LogP contribution is 2.26. The van der Waals surface area contributed by atoms with Gasteiger partial charge in [-0.05, 0) is 23.6 Å². The summed E-state index contributed by atoms with van der Waals surface area (Å²) in [5.74, 6) is 1.80. The van der Waals surface area contributed by atoms with Gasteiger partial charge in [0.15, 0.2) is 0 Å². The van der Waals surface area contributed by atoms with Gasteiger partial charge in [0.1, 0.15) is 12.4 Å². The number of methoxy groups -OCH3 is 1. The van der Waals surface area contributed by atoms with E-state index in [1.54, 1.807) is 18.9 Å². The molecule has 2 aromatic rings. The summed E-state index contributed by atoms with van der Waals surface area (Å²) in [5.41, 5.74) is 1.97. The quantitative estimate of drug-likeness (QED) is 0.618. The highest BCUT2D eigenvalue weighted by atomic mass is 32.2. The van der Waals surface area contributed by atoms with Crippen LogP contribution >= 0.6 is 11.8 Å². The standard InChI is InChI=1S/C21H27NO3S/c1-16(2)20(26-15-17-8-5-4-6-9-17)21(23)22-18-10-7-11-19(14-18)25-13-12-24-3/h4-11,14,16,20H,12-13,15H2,1-3H3,(H,22,23). The second-order valence-electron chi connectivity index (χ2n) is 6.32. The highest BCUT2D eigenvalue weighted by Gasteiger charge is 2.23. The van der Waals surface area contributed by atoms with Gasteiger partial charge in [0.2, 0.25) is 5.91 Å². The Hall–Kier alpha value is -1.98. The lowest BCUT2D eigenvalue weighted by Crippen LogP contribution is -2.29. The first-order chi connectivity index (χ1) is 12.6. The Balaban J connectivity index is 1.95. The van der Waals surface area contributed by atoms with Gasteiger partial charge in [0, 0.05) is 24.6 Å². The van der Waals surface area contributed by atoms with Crippen molar-refractivity contribution in [2.24, 2.45) is 5.92 Å². The molecule has 0 bridgehead atoms. The second-order valence-corrected chi connectivity index (χ2v) is 7.45. The average molecular weight is 374 g/mol. The first-order valence-electron chi connectivity index (χ1n) is 8.78. The summed E-state index contributed by atoms with van der Waals surface area (Å²) in [6.07, 6.45) is 0. The van der Waals surface area contributed by atoms with E-state index in [-0.39, 0.29) is 17.1 Å². The van der Waals surface area contributed by atoms with Gasteiger partial charge < -0.3 is 14.8 Å². The van der Waals surface area contributed by atoms with Crippen LogP contribution in [0.1, 0.15) is 19.4 Å². The molecule has 0 heterocycles. The second kappa shape index (κ2) is 10.9. The number of amides is 1. The number of anilines is 1. The third kappa shape index (κ3) is 6.73. The number of ether oxygens (including phenoxy) is 2. The predicted molar refractivity (Wildman–Crippen MR) is 109 cm³/mol. The third-order valence-electron chi connectivity index (χ3n) is 3.79. The normalized spacial score (nSPS) is 12.0. The lowest BCUT2D eigenvalue weighted by Gasteiger charge is -2.20. The number of benzene rings is 2. The minimum absolute atomic E-state index is 0.0231. The van der Waals surface area contributed by atoms with E-state index in [0.717, 1.165) is 17.2 Å². The number of carbonyl (C=O) groups excluding carboxylic acids is 1. The molecule has 0 aliphatic carbocycles. The van der Waals surface area contributed by atoms with E-state index >= 15 is 0 Å². The molecule has 0 aliphatic heterocycles. The molecule has 0 saturated heterocycles. The van der Waals surface area contributed by atoms with Gasteiger partial charge in [0.05, 0.1) is 11.9 Å². The maximum absolute atomic E-state index is 12.8. The Morgan fingerprint density at radius 2 is 1.85 bits per heavy atom. The van der Waals surface area contributed by atoms with Crippen LogP contribution in [-0.4, -0.2) is 31.5 Å². The van der Waals surface area contributed by atoms with Crippen molar-refractivity contribution in [1.82, 2.24) is 0 Å². The summed E-state index contributed by atoms with van der Waals surface area (Å²) >= 11 is 1.67. The largest absolute Gasteiger partial charge is 0.491 e. The summed E-state index contributed by atoms with van der Waals surface area (Å²) in [6.45, 7) is 5.16. The fraction of sp³-hybridized carbons (Fsp3) is 0.381. The number of hydrogen-bond acceptors (Lipinski definition) is 4. The maximum atomic E-state index is 12.8. The molecule has 2 aromatic carbocycles. The Bertz CT molecular complexity index is 676. The fourth-order valence-electron chi connectivity index (χ4n) is 2.45. The topological polar surface area (TPSA) is 47.6 Å². The van der Waals surface area contributed by atoms with Crippen LogP contribution in [0.25, 0.3) is 0 Å². The zero-order chi connectivity index (χ0) is 18.8. The van der Waals surface area contributed by atoms with Gasteiger partial charge >= 0.3 is 0 Å². The molecule has 26 heavy (non-hydrogen) atoms. The smallest absolute Gasteiger partial charge is 0.237 e. The molecule has 0 aliphatic rings. The number of rotatable bonds is 10. The molecule has 1 atom stereocenters. The summed E-state index contributed by atoms with van der Waals surface area (Å²) in [6, 6.07) is 17.7. The van der Waals surface area contributed by atoms with E-state index in [1.165, 1.54) is 5.56 Å². The van der Waals surface area contributed by atoms with Crippen molar-refractivity contribution in [3.8, 4) is 5.75 Å². The van der Waals surface area contributed by atoms with Gasteiger partial charge in [-0.2, -0.15) is 0 Å². The molecule has 0 spiro atoms. The molecule has 0 fully saturated rings. The molecule has 4 nitrogen and oxygen atoms in total. The van der Waals surface area contributed by atoms with Gasteiger partial charge in [0.25, 0.3) is 0 Å². The zero-order valence-electron chi connectivity index (χ0n) is 15.6. The minimum atomic E-state index is -0.117. The van der Waals surface area contributed by atoms with Crippen molar-refractivity contribution in [3.63, 3.8) is 0 Å².